The Bertz CT molecular complexity index is 1070. The molecule has 10 heteroatoms. The number of Topliss-reactive ketones (excluding diaryl/α,β-unsaturated/α-hetero) is 1. The van der Waals surface area contributed by atoms with Crippen LogP contribution in [0.5, 0.6) is 11.5 Å². The third-order valence-corrected chi connectivity index (χ3v) is 7.87. The maximum Gasteiger partial charge on any atom is 0.352 e. The summed E-state index contributed by atoms with van der Waals surface area (Å²) in [7, 11) is 0. The first-order valence-electron chi connectivity index (χ1n) is 11.5. The summed E-state index contributed by atoms with van der Waals surface area (Å²) >= 11 is 6.02. The van der Waals surface area contributed by atoms with Crippen LogP contribution in [-0.4, -0.2) is 79.2 Å². The molecule has 1 unspecified atom stereocenters. The van der Waals surface area contributed by atoms with Crippen molar-refractivity contribution >= 4 is 29.3 Å². The Hall–Kier alpha value is -2.62. The molecule has 1 aromatic rings. The number of fused-ring (bicyclic) bond motifs is 1. The van der Waals surface area contributed by atoms with Crippen molar-refractivity contribution in [3.63, 3.8) is 0 Å². The molecule has 1 aromatic carbocycles. The van der Waals surface area contributed by atoms with Gasteiger partial charge in [0.2, 0.25) is 5.91 Å². The number of benzene rings is 1. The summed E-state index contributed by atoms with van der Waals surface area (Å²) in [5.74, 6) is -3.44. The summed E-state index contributed by atoms with van der Waals surface area (Å²) in [6, 6.07) is 2.32. The van der Waals surface area contributed by atoms with Gasteiger partial charge in [-0.2, -0.15) is 0 Å². The molecule has 5 atom stereocenters. The van der Waals surface area contributed by atoms with E-state index in [-0.39, 0.29) is 52.4 Å². The van der Waals surface area contributed by atoms with Gasteiger partial charge in [-0.3, -0.25) is 14.5 Å². The van der Waals surface area contributed by atoms with E-state index in [9.17, 15) is 34.8 Å². The highest BCUT2D eigenvalue weighted by Crippen LogP contribution is 2.47. The number of amides is 1. The number of aliphatic hydroxyl groups is 1. The van der Waals surface area contributed by atoms with Crippen LogP contribution in [0.4, 0.5) is 0 Å². The van der Waals surface area contributed by atoms with E-state index in [1.807, 2.05) is 6.92 Å². The van der Waals surface area contributed by atoms with Gasteiger partial charge in [-0.05, 0) is 50.4 Å². The average Bonchev–Trinajstić information content (AvgIpc) is 3.31. The van der Waals surface area contributed by atoms with Gasteiger partial charge in [-0.25, -0.2) is 4.79 Å². The molecule has 0 saturated carbocycles. The largest absolute Gasteiger partial charge is 0.504 e. The highest BCUT2D eigenvalue weighted by molar-refractivity contribution is 6.35. The lowest BCUT2D eigenvalue weighted by Crippen LogP contribution is -2.63. The van der Waals surface area contributed by atoms with Gasteiger partial charge in [0.1, 0.15) is 5.70 Å². The smallest absolute Gasteiger partial charge is 0.352 e. The van der Waals surface area contributed by atoms with Crippen LogP contribution < -0.4 is 0 Å². The minimum Gasteiger partial charge on any atom is -0.504 e. The van der Waals surface area contributed by atoms with Crippen molar-refractivity contribution in [2.75, 3.05) is 13.1 Å². The molecular weight excluding hydrogens is 464 g/mol. The number of carboxylic acids is 1. The molecule has 0 spiro atoms. The lowest BCUT2D eigenvalue weighted by molar-refractivity contribution is -0.163. The van der Waals surface area contributed by atoms with Gasteiger partial charge in [-0.1, -0.05) is 18.5 Å². The number of phenolic OH excluding ortho intramolecular Hbond substituents is 2. The number of aliphatic hydroxyl groups excluding tert-OH is 1. The molecule has 34 heavy (non-hydrogen) atoms. The number of hydrogen-bond donors (Lipinski definition) is 4. The Kier molecular flexibility index (Phi) is 6.63. The molecule has 184 valence electrons. The summed E-state index contributed by atoms with van der Waals surface area (Å²) in [6.07, 6.45) is 1.63. The summed E-state index contributed by atoms with van der Waals surface area (Å²) < 4.78 is 0. The number of β-lactam (4-membered cyclic amide) rings is 1. The molecule has 9 nitrogen and oxygen atoms in total. The van der Waals surface area contributed by atoms with Crippen molar-refractivity contribution in [3.05, 3.63) is 34.0 Å². The maximum atomic E-state index is 12.7. The number of halogens is 1. The Morgan fingerprint density at radius 3 is 2.62 bits per heavy atom. The van der Waals surface area contributed by atoms with Gasteiger partial charge >= 0.3 is 5.97 Å². The van der Waals surface area contributed by atoms with E-state index in [1.165, 1.54) is 17.0 Å². The third kappa shape index (κ3) is 3.95. The van der Waals surface area contributed by atoms with E-state index in [2.05, 4.69) is 4.90 Å². The lowest BCUT2D eigenvalue weighted by Gasteiger charge is -2.46. The molecule has 3 heterocycles. The van der Waals surface area contributed by atoms with Gasteiger partial charge in [0.25, 0.3) is 0 Å². The minimum atomic E-state index is -1.14. The number of aromatic hydroxyl groups is 2. The molecule has 4 N–H and O–H groups in total. The topological polar surface area (TPSA) is 139 Å². The standard InChI is InChI=1S/C24H29ClN2O7/c1-11-15(21(24(33)34)27-20(11)18(12(2)28)23(27)32)10-26-9-3-4-13(26)5-7-16(29)14-6-8-17(30)22(31)19(14)25/h6,8,11-13,18,20,28,30-31H,3-5,7,9-10H2,1-2H3,(H,33,34)/t11-,12+,13?,18+,20+/m0/s1. The van der Waals surface area contributed by atoms with Gasteiger partial charge in [0.15, 0.2) is 17.3 Å². The number of likely N-dealkylation sites (tertiary alicyclic amines) is 1. The number of carboxylic acid groups (broad SMARTS) is 1. The number of nitrogens with zero attached hydrogens (tertiary/aromatic N) is 2. The summed E-state index contributed by atoms with van der Waals surface area (Å²) in [5.41, 5.74) is 0.847. The molecule has 3 aliphatic rings. The van der Waals surface area contributed by atoms with Crippen LogP contribution in [-0.2, 0) is 9.59 Å². The second-order valence-corrected chi connectivity index (χ2v) is 9.83. The zero-order valence-corrected chi connectivity index (χ0v) is 19.8. The first-order chi connectivity index (χ1) is 16.0. The van der Waals surface area contributed by atoms with Crippen molar-refractivity contribution in [3.8, 4) is 11.5 Å². The van der Waals surface area contributed by atoms with E-state index in [1.54, 1.807) is 6.92 Å². The SMILES string of the molecule is C[C@@H](O)[C@H]1C(=O)N2C(C(=O)O)=C(CN3CCCC3CCC(=O)c3ccc(O)c(O)c3Cl)[C@H](C)[C@H]12. The highest BCUT2D eigenvalue weighted by atomic mass is 35.5. The third-order valence-electron chi connectivity index (χ3n) is 7.49. The summed E-state index contributed by atoms with van der Waals surface area (Å²) in [5, 5.41) is 39.0. The van der Waals surface area contributed by atoms with E-state index in [4.69, 9.17) is 11.6 Å². The van der Waals surface area contributed by atoms with Crippen LogP contribution >= 0.6 is 11.6 Å². The van der Waals surface area contributed by atoms with Crippen LogP contribution in [0.15, 0.2) is 23.4 Å². The van der Waals surface area contributed by atoms with E-state index in [0.717, 1.165) is 19.4 Å². The van der Waals surface area contributed by atoms with Gasteiger partial charge < -0.3 is 25.3 Å². The Balaban J connectivity index is 1.47. The summed E-state index contributed by atoms with van der Waals surface area (Å²) in [4.78, 5) is 40.8. The Morgan fingerprint density at radius 2 is 1.97 bits per heavy atom. The van der Waals surface area contributed by atoms with Crippen LogP contribution in [0.2, 0.25) is 5.02 Å². The molecule has 0 aliphatic carbocycles. The fourth-order valence-electron chi connectivity index (χ4n) is 5.70. The van der Waals surface area contributed by atoms with Crippen molar-refractivity contribution in [1.82, 2.24) is 9.80 Å². The number of hydrogen-bond acceptors (Lipinski definition) is 7. The molecule has 2 fully saturated rings. The molecule has 0 radical (unpaired) electrons. The van der Waals surface area contributed by atoms with E-state index < -0.39 is 29.5 Å². The van der Waals surface area contributed by atoms with Crippen molar-refractivity contribution in [2.24, 2.45) is 11.8 Å². The number of phenols is 2. The Morgan fingerprint density at radius 1 is 1.26 bits per heavy atom. The second kappa shape index (κ2) is 9.20. The number of rotatable bonds is 8. The van der Waals surface area contributed by atoms with E-state index >= 15 is 0 Å². The van der Waals surface area contributed by atoms with Crippen molar-refractivity contribution in [2.45, 2.75) is 57.7 Å². The van der Waals surface area contributed by atoms with Crippen LogP contribution in [0.25, 0.3) is 0 Å². The maximum absolute atomic E-state index is 12.7. The zero-order chi connectivity index (χ0) is 24.9. The second-order valence-electron chi connectivity index (χ2n) is 9.46. The number of carbonyl (C=O) groups excluding carboxylic acids is 2. The van der Waals surface area contributed by atoms with Gasteiger partial charge in [0.05, 0.1) is 23.1 Å². The molecule has 2 saturated heterocycles. The first kappa shape index (κ1) is 24.5. The van der Waals surface area contributed by atoms with Crippen LogP contribution in [0.1, 0.15) is 49.9 Å². The minimum absolute atomic E-state index is 0.0208. The number of ketones is 1. The molecule has 0 aromatic heterocycles. The number of aliphatic carboxylic acids is 1. The average molecular weight is 493 g/mol. The monoisotopic (exact) mass is 492 g/mol. The summed E-state index contributed by atoms with van der Waals surface area (Å²) in [6.45, 7) is 4.59. The normalized spacial score (nSPS) is 27.6. The van der Waals surface area contributed by atoms with E-state index in [0.29, 0.717) is 18.5 Å². The fourth-order valence-corrected chi connectivity index (χ4v) is 5.97. The molecule has 0 bridgehead atoms. The lowest BCUT2D eigenvalue weighted by atomic mass is 9.77. The van der Waals surface area contributed by atoms with Crippen molar-refractivity contribution < 1.29 is 34.8 Å². The molecular formula is C24H29ClN2O7. The van der Waals surface area contributed by atoms with Crippen LogP contribution in [0.3, 0.4) is 0 Å². The fraction of sp³-hybridized carbons (Fsp3) is 0.542. The molecule has 4 rings (SSSR count). The van der Waals surface area contributed by atoms with Gasteiger partial charge in [-0.15, -0.1) is 0 Å². The van der Waals surface area contributed by atoms with Crippen LogP contribution in [0, 0.1) is 11.8 Å². The predicted octanol–water partition coefficient (Wildman–Crippen LogP) is 2.37. The molecule has 3 aliphatic heterocycles. The molecule has 1 amide bonds. The van der Waals surface area contributed by atoms with Crippen molar-refractivity contribution in [1.29, 1.82) is 0 Å². The number of carbonyl (C=O) groups is 3. The highest BCUT2D eigenvalue weighted by Gasteiger charge is 2.59. The zero-order valence-electron chi connectivity index (χ0n) is 19.1. The first-order valence-corrected chi connectivity index (χ1v) is 11.9. The van der Waals surface area contributed by atoms with Gasteiger partial charge in [0, 0.05) is 30.5 Å². The predicted molar refractivity (Wildman–Crippen MR) is 123 cm³/mol. The quantitative estimate of drug-likeness (QED) is 0.246. The Labute approximate surface area is 202 Å².